The maximum atomic E-state index is 10.5. The first kappa shape index (κ1) is 8.24. The molecule has 1 saturated heterocycles. The van der Waals surface area contributed by atoms with E-state index < -0.39 is 0 Å². The van der Waals surface area contributed by atoms with Gasteiger partial charge in [-0.15, -0.1) is 0 Å². The third kappa shape index (κ3) is 1.09. The number of aldehydes is 1. The van der Waals surface area contributed by atoms with E-state index in [4.69, 9.17) is 4.74 Å². The summed E-state index contributed by atoms with van der Waals surface area (Å²) in [5.74, 6) is 0.655. The normalized spacial score (nSPS) is 47.1. The van der Waals surface area contributed by atoms with Gasteiger partial charge in [0.15, 0.2) is 0 Å². The second kappa shape index (κ2) is 2.84. The summed E-state index contributed by atoms with van der Waals surface area (Å²) in [6.07, 6.45) is 6.59. The molecule has 0 N–H and O–H groups in total. The third-order valence-corrected chi connectivity index (χ3v) is 3.53. The van der Waals surface area contributed by atoms with E-state index in [1.165, 1.54) is 19.3 Å². The van der Waals surface area contributed by atoms with E-state index >= 15 is 0 Å². The average Bonchev–Trinajstić information content (AvgIpc) is 2.63. The number of carbonyl (C=O) groups is 1. The van der Waals surface area contributed by atoms with E-state index in [-0.39, 0.29) is 11.7 Å². The monoisotopic (exact) mass is 168 g/mol. The van der Waals surface area contributed by atoms with Crippen molar-refractivity contribution in [3.8, 4) is 0 Å². The van der Waals surface area contributed by atoms with Gasteiger partial charge >= 0.3 is 0 Å². The van der Waals surface area contributed by atoms with Crippen molar-refractivity contribution in [2.45, 2.75) is 50.7 Å². The Balaban J connectivity index is 2.08. The van der Waals surface area contributed by atoms with E-state index in [0.717, 1.165) is 19.1 Å². The van der Waals surface area contributed by atoms with Gasteiger partial charge in [0.05, 0.1) is 5.60 Å². The number of rotatable bonds is 1. The van der Waals surface area contributed by atoms with Crippen LogP contribution in [0.4, 0.5) is 0 Å². The van der Waals surface area contributed by atoms with Crippen molar-refractivity contribution in [1.29, 1.82) is 0 Å². The average molecular weight is 168 g/mol. The van der Waals surface area contributed by atoms with Gasteiger partial charge in [-0.25, -0.2) is 0 Å². The fourth-order valence-corrected chi connectivity index (χ4v) is 2.67. The Bertz CT molecular complexity index is 190. The zero-order valence-electron chi connectivity index (χ0n) is 7.58. The maximum absolute atomic E-state index is 10.5. The largest absolute Gasteiger partial charge is 0.364 e. The zero-order chi connectivity index (χ0) is 8.60. The first-order valence-corrected chi connectivity index (χ1v) is 4.90. The molecule has 3 unspecified atom stereocenters. The van der Waals surface area contributed by atoms with Crippen LogP contribution in [0.15, 0.2) is 0 Å². The number of hydrogen-bond donors (Lipinski definition) is 0. The minimum absolute atomic E-state index is 0.0889. The van der Waals surface area contributed by atoms with Crippen LogP contribution in [0.1, 0.15) is 39.0 Å². The van der Waals surface area contributed by atoms with Crippen molar-refractivity contribution in [2.75, 3.05) is 0 Å². The molecule has 2 heteroatoms. The maximum Gasteiger partial charge on any atom is 0.148 e. The SMILES string of the molecule is CC1CCCC12CCC(C=O)O2. The molecule has 2 aliphatic rings. The standard InChI is InChI=1S/C10H16O2/c1-8-3-2-5-10(8)6-4-9(7-11)12-10/h7-9H,2-6H2,1H3. The van der Waals surface area contributed by atoms with Crippen molar-refractivity contribution in [3.63, 3.8) is 0 Å². The molecule has 0 aromatic rings. The van der Waals surface area contributed by atoms with E-state index in [0.29, 0.717) is 5.92 Å². The lowest BCUT2D eigenvalue weighted by molar-refractivity contribution is -0.124. The van der Waals surface area contributed by atoms with Gasteiger partial charge in [0.2, 0.25) is 0 Å². The summed E-state index contributed by atoms with van der Waals surface area (Å²) < 4.78 is 5.80. The van der Waals surface area contributed by atoms with Crippen LogP contribution in [0.3, 0.4) is 0 Å². The van der Waals surface area contributed by atoms with Gasteiger partial charge in [-0.1, -0.05) is 13.3 Å². The first-order valence-electron chi connectivity index (χ1n) is 4.90. The Morgan fingerprint density at radius 3 is 2.75 bits per heavy atom. The number of ether oxygens (including phenoxy) is 1. The summed E-state index contributed by atoms with van der Waals surface area (Å²) in [5.41, 5.74) is 0.0889. The number of hydrogen-bond acceptors (Lipinski definition) is 2. The molecule has 0 bridgehead atoms. The highest BCUT2D eigenvalue weighted by molar-refractivity contribution is 5.56. The number of carbonyl (C=O) groups excluding carboxylic acids is 1. The highest BCUT2D eigenvalue weighted by Gasteiger charge is 2.46. The summed E-state index contributed by atoms with van der Waals surface area (Å²) in [7, 11) is 0. The fraction of sp³-hybridized carbons (Fsp3) is 0.900. The molecule has 1 spiro atoms. The smallest absolute Gasteiger partial charge is 0.148 e. The van der Waals surface area contributed by atoms with Gasteiger partial charge in [0, 0.05) is 0 Å². The minimum Gasteiger partial charge on any atom is -0.364 e. The zero-order valence-corrected chi connectivity index (χ0v) is 7.58. The van der Waals surface area contributed by atoms with E-state index in [2.05, 4.69) is 6.92 Å². The lowest BCUT2D eigenvalue weighted by atomic mass is 9.89. The second-order valence-electron chi connectivity index (χ2n) is 4.19. The van der Waals surface area contributed by atoms with Crippen molar-refractivity contribution in [1.82, 2.24) is 0 Å². The summed E-state index contributed by atoms with van der Waals surface area (Å²) in [6, 6.07) is 0. The molecule has 1 aliphatic carbocycles. The predicted octanol–water partition coefficient (Wildman–Crippen LogP) is 1.92. The van der Waals surface area contributed by atoms with Crippen LogP contribution in [0.2, 0.25) is 0 Å². The molecule has 1 saturated carbocycles. The van der Waals surface area contributed by atoms with Crippen LogP contribution in [0.5, 0.6) is 0 Å². The molecule has 3 atom stereocenters. The Kier molecular flexibility index (Phi) is 1.95. The van der Waals surface area contributed by atoms with Gasteiger partial charge in [0.25, 0.3) is 0 Å². The molecule has 0 radical (unpaired) electrons. The van der Waals surface area contributed by atoms with Gasteiger partial charge in [-0.3, -0.25) is 0 Å². The van der Waals surface area contributed by atoms with Gasteiger partial charge < -0.3 is 9.53 Å². The molecule has 12 heavy (non-hydrogen) atoms. The van der Waals surface area contributed by atoms with Crippen LogP contribution in [-0.2, 0) is 9.53 Å². The van der Waals surface area contributed by atoms with Crippen molar-refractivity contribution < 1.29 is 9.53 Å². The topological polar surface area (TPSA) is 26.3 Å². The Morgan fingerprint density at radius 2 is 2.25 bits per heavy atom. The van der Waals surface area contributed by atoms with Crippen molar-refractivity contribution in [3.05, 3.63) is 0 Å². The summed E-state index contributed by atoms with van der Waals surface area (Å²) in [4.78, 5) is 10.5. The Morgan fingerprint density at radius 1 is 1.42 bits per heavy atom. The van der Waals surface area contributed by atoms with Crippen molar-refractivity contribution in [2.24, 2.45) is 5.92 Å². The molecule has 0 amide bonds. The van der Waals surface area contributed by atoms with Crippen LogP contribution in [0.25, 0.3) is 0 Å². The molecule has 2 nitrogen and oxygen atoms in total. The van der Waals surface area contributed by atoms with E-state index in [1.54, 1.807) is 0 Å². The molecule has 68 valence electrons. The predicted molar refractivity (Wildman–Crippen MR) is 45.9 cm³/mol. The fourth-order valence-electron chi connectivity index (χ4n) is 2.67. The molecule has 0 aromatic carbocycles. The second-order valence-corrected chi connectivity index (χ2v) is 4.19. The van der Waals surface area contributed by atoms with Crippen LogP contribution in [0, 0.1) is 5.92 Å². The lowest BCUT2D eigenvalue weighted by Gasteiger charge is -2.28. The van der Waals surface area contributed by atoms with E-state index in [9.17, 15) is 4.79 Å². The van der Waals surface area contributed by atoms with Crippen molar-refractivity contribution >= 4 is 6.29 Å². The molecule has 0 aromatic heterocycles. The van der Waals surface area contributed by atoms with Crippen LogP contribution >= 0.6 is 0 Å². The highest BCUT2D eigenvalue weighted by Crippen LogP contribution is 2.46. The highest BCUT2D eigenvalue weighted by atomic mass is 16.5. The molecule has 2 fully saturated rings. The quantitative estimate of drug-likeness (QED) is 0.559. The first-order chi connectivity index (χ1) is 5.77. The molecule has 2 rings (SSSR count). The summed E-state index contributed by atoms with van der Waals surface area (Å²) in [6.45, 7) is 2.25. The lowest BCUT2D eigenvalue weighted by Crippen LogP contribution is -2.32. The summed E-state index contributed by atoms with van der Waals surface area (Å²) in [5, 5.41) is 0. The van der Waals surface area contributed by atoms with Gasteiger partial charge in [0.1, 0.15) is 12.4 Å². The molecular formula is C10H16O2. The molecule has 1 aliphatic heterocycles. The Labute approximate surface area is 73.3 Å². The molecular weight excluding hydrogens is 152 g/mol. The summed E-state index contributed by atoms with van der Waals surface area (Å²) >= 11 is 0. The van der Waals surface area contributed by atoms with E-state index in [1.807, 2.05) is 0 Å². The molecule has 1 heterocycles. The van der Waals surface area contributed by atoms with Crippen LogP contribution < -0.4 is 0 Å². The third-order valence-electron chi connectivity index (χ3n) is 3.53. The minimum atomic E-state index is -0.106. The Hall–Kier alpha value is -0.370. The van der Waals surface area contributed by atoms with Gasteiger partial charge in [-0.05, 0) is 31.6 Å². The van der Waals surface area contributed by atoms with Crippen LogP contribution in [-0.4, -0.2) is 18.0 Å². The van der Waals surface area contributed by atoms with Gasteiger partial charge in [-0.2, -0.15) is 0 Å².